The highest BCUT2D eigenvalue weighted by molar-refractivity contribution is 6.07. The van der Waals surface area contributed by atoms with Crippen molar-refractivity contribution in [3.05, 3.63) is 176 Å². The number of aromatic nitrogens is 3. The van der Waals surface area contributed by atoms with Crippen LogP contribution >= 0.6 is 0 Å². The Bertz CT molecular complexity index is 2010. The minimum Gasteiger partial charge on any atom is -0.355 e. The lowest BCUT2D eigenvalue weighted by Crippen LogP contribution is -1.86. The smallest absolute Gasteiger partial charge is 0.0708 e. The van der Waals surface area contributed by atoms with Crippen LogP contribution in [0.3, 0.4) is 0 Å². The molecule has 0 radical (unpaired) electrons. The first-order chi connectivity index (χ1) is 21.8. The third-order valence-electron chi connectivity index (χ3n) is 7.78. The van der Waals surface area contributed by atoms with Gasteiger partial charge in [0.15, 0.2) is 0 Å². The Kier molecular flexibility index (Phi) is 7.66. The normalized spacial score (nSPS) is 10.7. The van der Waals surface area contributed by atoms with Gasteiger partial charge in [-0.3, -0.25) is 4.98 Å². The molecule has 2 N–H and O–H groups in total. The van der Waals surface area contributed by atoms with Crippen molar-refractivity contribution in [3.63, 3.8) is 0 Å². The fourth-order valence-electron chi connectivity index (χ4n) is 5.70. The van der Waals surface area contributed by atoms with Crippen LogP contribution in [0.5, 0.6) is 0 Å². The molecule has 0 amide bonds. The second-order valence-corrected chi connectivity index (χ2v) is 10.6. The number of rotatable bonds is 2. The third-order valence-corrected chi connectivity index (χ3v) is 7.78. The maximum Gasteiger partial charge on any atom is 0.0708 e. The summed E-state index contributed by atoms with van der Waals surface area (Å²) in [6, 6.07) is 58.3. The molecule has 0 aliphatic rings. The average molecular weight is 566 g/mol. The van der Waals surface area contributed by atoms with E-state index in [2.05, 4.69) is 161 Å². The zero-order valence-electron chi connectivity index (χ0n) is 24.2. The zero-order chi connectivity index (χ0) is 29.6. The van der Waals surface area contributed by atoms with E-state index in [1.807, 2.05) is 30.5 Å². The third kappa shape index (κ3) is 5.59. The van der Waals surface area contributed by atoms with Crippen molar-refractivity contribution in [3.8, 4) is 22.4 Å². The summed E-state index contributed by atoms with van der Waals surface area (Å²) in [6.45, 7) is 0. The lowest BCUT2D eigenvalue weighted by Gasteiger charge is -2.08. The minimum atomic E-state index is 1.01. The van der Waals surface area contributed by atoms with E-state index in [0.717, 1.165) is 5.69 Å². The number of para-hydroxylation sites is 4. The molecule has 3 nitrogen and oxygen atoms in total. The van der Waals surface area contributed by atoms with Crippen molar-refractivity contribution in [2.75, 3.05) is 0 Å². The van der Waals surface area contributed by atoms with E-state index in [0.29, 0.717) is 0 Å². The highest BCUT2D eigenvalue weighted by Gasteiger charge is 2.06. The fraction of sp³-hybridized carbons (Fsp3) is 0. The molecule has 6 aromatic carbocycles. The summed E-state index contributed by atoms with van der Waals surface area (Å²) in [7, 11) is 0. The van der Waals surface area contributed by atoms with Crippen molar-refractivity contribution in [1.82, 2.24) is 15.0 Å². The van der Waals surface area contributed by atoms with Crippen molar-refractivity contribution < 1.29 is 0 Å². The highest BCUT2D eigenvalue weighted by Crippen LogP contribution is 2.30. The Balaban J connectivity index is 0.000000109. The summed E-state index contributed by atoms with van der Waals surface area (Å²) in [5.41, 5.74) is 9.47. The first-order valence-electron chi connectivity index (χ1n) is 14.8. The molecule has 0 unspecified atom stereocenters. The van der Waals surface area contributed by atoms with E-state index in [9.17, 15) is 0 Å². The monoisotopic (exact) mass is 565 g/mol. The zero-order valence-corrected chi connectivity index (χ0v) is 24.2. The molecule has 9 rings (SSSR count). The van der Waals surface area contributed by atoms with Gasteiger partial charge >= 0.3 is 0 Å². The maximum atomic E-state index is 4.44. The van der Waals surface area contributed by atoms with Crippen LogP contribution in [-0.2, 0) is 0 Å². The number of aromatic amines is 2. The predicted octanol–water partition coefficient (Wildman–Crippen LogP) is 11.1. The highest BCUT2D eigenvalue weighted by atomic mass is 14.7. The molecule has 0 saturated heterocycles. The van der Waals surface area contributed by atoms with Crippen LogP contribution in [-0.4, -0.2) is 15.0 Å². The Hall–Kier alpha value is -5.93. The van der Waals surface area contributed by atoms with Gasteiger partial charge in [-0.2, -0.15) is 0 Å². The van der Waals surface area contributed by atoms with Crippen molar-refractivity contribution in [1.29, 1.82) is 0 Å². The molecule has 0 saturated carbocycles. The summed E-state index contributed by atoms with van der Waals surface area (Å²) >= 11 is 0. The van der Waals surface area contributed by atoms with Crippen molar-refractivity contribution in [2.45, 2.75) is 0 Å². The molecule has 9 aromatic rings. The van der Waals surface area contributed by atoms with E-state index in [1.165, 1.54) is 60.3 Å². The van der Waals surface area contributed by atoms with Crippen LogP contribution in [0.25, 0.3) is 66.0 Å². The SMILES string of the molecule is c1ccc(-c2ccccc2-c2ccccn2)cc1.c1ccc2c(c1)[nH]c1ccccc12.c1ccc2c(c1)[nH]c1ccccc12. The molecule has 3 aromatic heterocycles. The lowest BCUT2D eigenvalue weighted by atomic mass is 9.97. The van der Waals surface area contributed by atoms with Gasteiger partial charge in [0.25, 0.3) is 0 Å². The van der Waals surface area contributed by atoms with Gasteiger partial charge < -0.3 is 9.97 Å². The van der Waals surface area contributed by atoms with Crippen LogP contribution in [0.4, 0.5) is 0 Å². The van der Waals surface area contributed by atoms with Crippen molar-refractivity contribution in [2.24, 2.45) is 0 Å². The molecule has 0 aliphatic heterocycles. The van der Waals surface area contributed by atoms with Gasteiger partial charge in [0.05, 0.1) is 5.69 Å². The Morgan fingerprint density at radius 2 is 0.705 bits per heavy atom. The van der Waals surface area contributed by atoms with Crippen LogP contribution in [0.2, 0.25) is 0 Å². The van der Waals surface area contributed by atoms with Gasteiger partial charge in [-0.05, 0) is 47.5 Å². The molecule has 3 heterocycles. The molecule has 0 spiro atoms. The molecular formula is C41H31N3. The molecule has 0 atom stereocenters. The molecule has 0 aliphatic carbocycles. The number of hydrogen-bond donors (Lipinski definition) is 2. The fourth-order valence-corrected chi connectivity index (χ4v) is 5.70. The van der Waals surface area contributed by atoms with Gasteiger partial charge in [-0.15, -0.1) is 0 Å². The largest absolute Gasteiger partial charge is 0.355 e. The number of nitrogens with zero attached hydrogens (tertiary/aromatic N) is 1. The Morgan fingerprint density at radius 1 is 0.318 bits per heavy atom. The van der Waals surface area contributed by atoms with Crippen LogP contribution < -0.4 is 0 Å². The summed E-state index contributed by atoms with van der Waals surface area (Å²) < 4.78 is 0. The van der Waals surface area contributed by atoms with Crippen LogP contribution in [0, 0.1) is 0 Å². The number of fused-ring (bicyclic) bond motifs is 6. The van der Waals surface area contributed by atoms with Gasteiger partial charge in [0, 0.05) is 55.4 Å². The van der Waals surface area contributed by atoms with E-state index in [4.69, 9.17) is 0 Å². The Labute approximate surface area is 256 Å². The molecular weight excluding hydrogens is 534 g/mol. The van der Waals surface area contributed by atoms with E-state index < -0.39 is 0 Å². The molecule has 0 fully saturated rings. The number of benzene rings is 6. The maximum absolute atomic E-state index is 4.44. The molecule has 0 bridgehead atoms. The lowest BCUT2D eigenvalue weighted by molar-refractivity contribution is 1.33. The minimum absolute atomic E-state index is 1.01. The van der Waals surface area contributed by atoms with Gasteiger partial charge in [-0.1, -0.05) is 133 Å². The van der Waals surface area contributed by atoms with Gasteiger partial charge in [0.1, 0.15) is 0 Å². The molecule has 3 heteroatoms. The van der Waals surface area contributed by atoms with Crippen molar-refractivity contribution >= 4 is 43.6 Å². The number of pyridine rings is 1. The summed E-state index contributed by atoms with van der Waals surface area (Å²) in [4.78, 5) is 11.2. The first kappa shape index (κ1) is 26.9. The Morgan fingerprint density at radius 3 is 1.16 bits per heavy atom. The topological polar surface area (TPSA) is 44.5 Å². The number of H-pyrrole nitrogens is 2. The predicted molar refractivity (Wildman–Crippen MR) is 187 cm³/mol. The average Bonchev–Trinajstić information content (AvgIpc) is 3.68. The number of nitrogens with one attached hydrogen (secondary N) is 2. The standard InChI is InChI=1S/C17H13N.2C12H9N/c1-2-8-14(9-3-1)15-10-4-5-11-16(15)17-12-6-7-13-18-17;2*1-3-7-11-9(5-1)10-6-2-4-8-12(10)13-11/h1-13H;2*1-8,13H. The van der Waals surface area contributed by atoms with Gasteiger partial charge in [0.2, 0.25) is 0 Å². The van der Waals surface area contributed by atoms with E-state index in [-0.39, 0.29) is 0 Å². The van der Waals surface area contributed by atoms with E-state index >= 15 is 0 Å². The quantitative estimate of drug-likeness (QED) is 0.215. The summed E-state index contributed by atoms with van der Waals surface area (Å²) in [6.07, 6.45) is 1.83. The second-order valence-electron chi connectivity index (χ2n) is 10.6. The van der Waals surface area contributed by atoms with Crippen LogP contribution in [0.15, 0.2) is 176 Å². The van der Waals surface area contributed by atoms with E-state index in [1.54, 1.807) is 0 Å². The summed E-state index contributed by atoms with van der Waals surface area (Å²) in [5.74, 6) is 0. The second kappa shape index (κ2) is 12.5. The van der Waals surface area contributed by atoms with Crippen LogP contribution in [0.1, 0.15) is 0 Å². The summed E-state index contributed by atoms with van der Waals surface area (Å²) in [5, 5.41) is 5.22. The molecule has 210 valence electrons. The molecule has 44 heavy (non-hydrogen) atoms. The number of hydrogen-bond acceptors (Lipinski definition) is 1. The van der Waals surface area contributed by atoms with Gasteiger partial charge in [-0.25, -0.2) is 0 Å². The first-order valence-corrected chi connectivity index (χ1v) is 14.8.